The fourth-order valence-electron chi connectivity index (χ4n) is 4.93. The van der Waals surface area contributed by atoms with Crippen molar-refractivity contribution in [1.29, 1.82) is 5.26 Å². The number of azo groups is 1. The lowest BCUT2D eigenvalue weighted by atomic mass is 10.1. The van der Waals surface area contributed by atoms with Crippen molar-refractivity contribution in [1.82, 2.24) is 4.90 Å². The van der Waals surface area contributed by atoms with Gasteiger partial charge in [0.05, 0.1) is 26.3 Å². The van der Waals surface area contributed by atoms with Gasteiger partial charge in [-0.05, 0) is 72.4 Å². The van der Waals surface area contributed by atoms with Crippen LogP contribution in [0.5, 0.6) is 0 Å². The molecular formula is C28H23BrN6O3. The number of benzene rings is 3. The number of rotatable bonds is 4. The third kappa shape index (κ3) is 4.46. The number of amides is 1. The summed E-state index contributed by atoms with van der Waals surface area (Å²) < 4.78 is 0.320. The molecule has 1 amide bonds. The molecule has 0 saturated heterocycles. The Kier molecular flexibility index (Phi) is 6.78. The van der Waals surface area contributed by atoms with E-state index < -0.39 is 4.92 Å². The van der Waals surface area contributed by atoms with Gasteiger partial charge in [0, 0.05) is 47.7 Å². The highest BCUT2D eigenvalue weighted by molar-refractivity contribution is 9.10. The van der Waals surface area contributed by atoms with E-state index in [9.17, 15) is 20.2 Å². The second kappa shape index (κ2) is 10.2. The summed E-state index contributed by atoms with van der Waals surface area (Å²) in [6.07, 6.45) is 1.85. The van der Waals surface area contributed by atoms with Gasteiger partial charge < -0.3 is 9.80 Å². The average molecular weight is 571 g/mol. The van der Waals surface area contributed by atoms with Crippen LogP contribution in [0.1, 0.15) is 46.8 Å². The predicted octanol–water partition coefficient (Wildman–Crippen LogP) is 7.40. The Morgan fingerprint density at radius 1 is 1.00 bits per heavy atom. The maximum absolute atomic E-state index is 13.1. The van der Waals surface area contributed by atoms with Crippen LogP contribution in [-0.2, 0) is 0 Å². The molecule has 10 heteroatoms. The van der Waals surface area contributed by atoms with Crippen LogP contribution in [0.4, 0.5) is 22.7 Å². The summed E-state index contributed by atoms with van der Waals surface area (Å²) in [6, 6.07) is 18.1. The molecule has 0 N–H and O–H groups in total. The molecule has 0 bridgehead atoms. The van der Waals surface area contributed by atoms with Gasteiger partial charge in [0.15, 0.2) is 0 Å². The van der Waals surface area contributed by atoms with E-state index in [1.165, 1.54) is 12.1 Å². The second-order valence-corrected chi connectivity index (χ2v) is 10.0. The maximum Gasteiger partial charge on any atom is 0.272 e. The predicted molar refractivity (Wildman–Crippen MR) is 148 cm³/mol. The van der Waals surface area contributed by atoms with Gasteiger partial charge in [-0.25, -0.2) is 0 Å². The van der Waals surface area contributed by atoms with Crippen molar-refractivity contribution < 1.29 is 9.72 Å². The van der Waals surface area contributed by atoms with E-state index in [-0.39, 0.29) is 22.8 Å². The van der Waals surface area contributed by atoms with Gasteiger partial charge in [0.25, 0.3) is 11.6 Å². The molecule has 0 unspecified atom stereocenters. The van der Waals surface area contributed by atoms with Gasteiger partial charge in [-0.15, -0.1) is 5.11 Å². The molecule has 0 spiro atoms. The number of nitrogens with zero attached hydrogens (tertiary/aromatic N) is 6. The minimum absolute atomic E-state index is 0.0536. The normalized spacial score (nSPS) is 17.2. The van der Waals surface area contributed by atoms with Crippen LogP contribution in [0.15, 0.2) is 75.0 Å². The Balaban J connectivity index is 1.50. The average Bonchev–Trinajstić information content (AvgIpc) is 3.17. The number of nitro benzene ring substituents is 1. The Bertz CT molecular complexity index is 1590. The molecule has 0 atom stereocenters. The molecule has 0 saturated carbocycles. The molecule has 0 aliphatic carbocycles. The number of hydrogen-bond donors (Lipinski definition) is 0. The smallest absolute Gasteiger partial charge is 0.272 e. The molecule has 0 fully saturated rings. The molecule has 0 aromatic heterocycles. The van der Waals surface area contributed by atoms with E-state index >= 15 is 0 Å². The summed E-state index contributed by atoms with van der Waals surface area (Å²) in [5.74, 6) is 0.0536. The van der Waals surface area contributed by atoms with E-state index in [0.29, 0.717) is 16.7 Å². The van der Waals surface area contributed by atoms with Gasteiger partial charge >= 0.3 is 0 Å². The first-order chi connectivity index (χ1) is 18.3. The number of aryl methyl sites for hydroxylation is 1. The Hall–Kier alpha value is -4.36. The van der Waals surface area contributed by atoms with E-state index in [0.717, 1.165) is 53.2 Å². The zero-order valence-corrected chi connectivity index (χ0v) is 22.4. The van der Waals surface area contributed by atoms with Crippen LogP contribution >= 0.6 is 15.9 Å². The number of non-ortho nitro benzene ring substituents is 1. The summed E-state index contributed by atoms with van der Waals surface area (Å²) in [6.45, 7) is 5.51. The summed E-state index contributed by atoms with van der Waals surface area (Å²) in [5.41, 5.74) is 6.25. The fourth-order valence-corrected chi connectivity index (χ4v) is 5.46. The summed E-state index contributed by atoms with van der Waals surface area (Å²) in [4.78, 5) is 27.8. The van der Waals surface area contributed by atoms with Crippen LogP contribution in [-0.4, -0.2) is 28.8 Å². The first kappa shape index (κ1) is 25.3. The van der Waals surface area contributed by atoms with E-state index in [1.54, 1.807) is 0 Å². The van der Waals surface area contributed by atoms with Crippen molar-refractivity contribution in [2.45, 2.75) is 26.7 Å². The molecule has 9 nitrogen and oxygen atoms in total. The highest BCUT2D eigenvalue weighted by Gasteiger charge is 2.35. The van der Waals surface area contributed by atoms with Crippen LogP contribution in [0, 0.1) is 28.4 Å². The van der Waals surface area contributed by atoms with Gasteiger partial charge in [-0.1, -0.05) is 18.2 Å². The third-order valence-corrected chi connectivity index (χ3v) is 7.42. The van der Waals surface area contributed by atoms with Crippen LogP contribution < -0.4 is 4.90 Å². The van der Waals surface area contributed by atoms with Crippen molar-refractivity contribution in [3.05, 3.63) is 97.1 Å². The minimum atomic E-state index is -0.559. The molecule has 190 valence electrons. The summed E-state index contributed by atoms with van der Waals surface area (Å²) in [5, 5.41) is 29.2. The summed E-state index contributed by atoms with van der Waals surface area (Å²) >= 11 is 3.27. The lowest BCUT2D eigenvalue weighted by molar-refractivity contribution is -0.384. The van der Waals surface area contributed by atoms with Crippen molar-refractivity contribution in [3.8, 4) is 6.07 Å². The highest BCUT2D eigenvalue weighted by Crippen LogP contribution is 2.40. The number of carbonyl (C=O) groups excluding carboxylic acids is 1. The third-order valence-electron chi connectivity index (χ3n) is 6.82. The van der Waals surface area contributed by atoms with Crippen LogP contribution in [0.25, 0.3) is 5.70 Å². The van der Waals surface area contributed by atoms with Gasteiger partial charge in [-0.2, -0.15) is 10.4 Å². The number of nitro groups is 1. The van der Waals surface area contributed by atoms with Gasteiger partial charge in [-0.3, -0.25) is 14.9 Å². The number of nitriles is 1. The zero-order valence-electron chi connectivity index (χ0n) is 20.8. The molecular weight excluding hydrogens is 548 g/mol. The molecule has 2 aliphatic heterocycles. The SMILES string of the molecule is C/C1=C2/c3ccccc3C(=O)N2CCCCN1c1ccc(/N=N/c2c(Br)cc([N+](=O)[O-])cc2C#N)c(C)c1. The standard InChI is InChI=1S/C28H23BrN6O3/c1-17-13-20(9-10-25(17)31-32-26-19(16-30)14-21(35(37)38)15-24(26)29)33-11-5-6-12-34-27(18(33)2)22-7-3-4-8-23(22)28(34)36/h3-4,7-10,13-15H,5-6,11-12H2,1-2H3/b27-18+,32-31+. The Morgan fingerprint density at radius 3 is 2.39 bits per heavy atom. The quantitative estimate of drug-likeness (QED) is 0.184. The monoisotopic (exact) mass is 570 g/mol. The molecule has 3 aromatic carbocycles. The first-order valence-corrected chi connectivity index (χ1v) is 12.9. The number of anilines is 1. The molecule has 3 aromatic rings. The molecule has 38 heavy (non-hydrogen) atoms. The van der Waals surface area contributed by atoms with Gasteiger partial charge in [0.2, 0.25) is 0 Å². The largest absolute Gasteiger partial charge is 0.343 e. The van der Waals surface area contributed by atoms with E-state index in [4.69, 9.17) is 0 Å². The minimum Gasteiger partial charge on any atom is -0.343 e. The molecule has 5 rings (SSSR count). The second-order valence-electron chi connectivity index (χ2n) is 9.16. The first-order valence-electron chi connectivity index (χ1n) is 12.1. The van der Waals surface area contributed by atoms with Crippen LogP contribution in [0.3, 0.4) is 0 Å². The number of allylic oxidation sites excluding steroid dienone is 1. The highest BCUT2D eigenvalue weighted by atomic mass is 79.9. The van der Waals surface area contributed by atoms with Crippen molar-refractivity contribution in [2.24, 2.45) is 10.2 Å². The maximum atomic E-state index is 13.1. The lowest BCUT2D eigenvalue weighted by Gasteiger charge is -2.33. The Labute approximate surface area is 228 Å². The van der Waals surface area contributed by atoms with Crippen molar-refractivity contribution in [3.63, 3.8) is 0 Å². The number of carbonyl (C=O) groups is 1. The van der Waals surface area contributed by atoms with Crippen molar-refractivity contribution >= 4 is 50.3 Å². The van der Waals surface area contributed by atoms with E-state index in [2.05, 4.69) is 38.0 Å². The fraction of sp³-hybridized carbons (Fsp3) is 0.214. The van der Waals surface area contributed by atoms with Gasteiger partial charge in [0.1, 0.15) is 11.8 Å². The summed E-state index contributed by atoms with van der Waals surface area (Å²) in [7, 11) is 0. The van der Waals surface area contributed by atoms with Crippen LogP contribution in [0.2, 0.25) is 0 Å². The van der Waals surface area contributed by atoms with E-state index in [1.807, 2.05) is 60.4 Å². The zero-order chi connectivity index (χ0) is 27.0. The lowest BCUT2D eigenvalue weighted by Crippen LogP contribution is -2.33. The topological polar surface area (TPSA) is 115 Å². The number of halogens is 1. The number of hydrogen-bond acceptors (Lipinski definition) is 7. The molecule has 2 heterocycles. The molecule has 0 radical (unpaired) electrons. The van der Waals surface area contributed by atoms with Crippen molar-refractivity contribution in [2.75, 3.05) is 18.0 Å². The number of fused-ring (bicyclic) bond motifs is 3. The molecule has 2 aliphatic rings. The Morgan fingerprint density at radius 2 is 1.71 bits per heavy atom.